The van der Waals surface area contributed by atoms with Crippen LogP contribution in [0.3, 0.4) is 0 Å². The maximum atomic E-state index is 10.5. The van der Waals surface area contributed by atoms with Crippen molar-refractivity contribution >= 4 is 18.3 Å². The SMILES string of the molecule is CCc1cc(-c2nnc(S)n2-c2ccc(OC)c(N3CCCCC3)c2)c(O)cc1O. The molecule has 7 nitrogen and oxygen atoms in total. The Morgan fingerprint density at radius 2 is 1.80 bits per heavy atom. The summed E-state index contributed by atoms with van der Waals surface area (Å²) in [6.45, 7) is 3.92. The summed E-state index contributed by atoms with van der Waals surface area (Å²) in [5, 5.41) is 29.3. The lowest BCUT2D eigenvalue weighted by atomic mass is 10.1. The second kappa shape index (κ2) is 8.47. The van der Waals surface area contributed by atoms with Gasteiger partial charge in [0, 0.05) is 19.2 Å². The van der Waals surface area contributed by atoms with Gasteiger partial charge in [0.15, 0.2) is 11.0 Å². The molecule has 0 amide bonds. The predicted molar refractivity (Wildman–Crippen MR) is 119 cm³/mol. The van der Waals surface area contributed by atoms with Gasteiger partial charge in [-0.2, -0.15) is 0 Å². The molecule has 30 heavy (non-hydrogen) atoms. The first-order valence-electron chi connectivity index (χ1n) is 10.2. The average Bonchev–Trinajstić information content (AvgIpc) is 3.15. The van der Waals surface area contributed by atoms with Crippen LogP contribution < -0.4 is 9.64 Å². The van der Waals surface area contributed by atoms with Gasteiger partial charge in [-0.15, -0.1) is 22.8 Å². The van der Waals surface area contributed by atoms with Crippen molar-refractivity contribution in [3.63, 3.8) is 0 Å². The number of thiol groups is 1. The van der Waals surface area contributed by atoms with E-state index >= 15 is 0 Å². The topological polar surface area (TPSA) is 83.6 Å². The number of nitrogens with zero attached hydrogens (tertiary/aromatic N) is 4. The first-order chi connectivity index (χ1) is 14.5. The highest BCUT2D eigenvalue weighted by Crippen LogP contribution is 2.38. The van der Waals surface area contributed by atoms with Crippen molar-refractivity contribution in [3.8, 4) is 34.3 Å². The first-order valence-corrected chi connectivity index (χ1v) is 10.6. The summed E-state index contributed by atoms with van der Waals surface area (Å²) in [6, 6.07) is 9.00. The highest BCUT2D eigenvalue weighted by molar-refractivity contribution is 7.80. The van der Waals surface area contributed by atoms with Gasteiger partial charge in [-0.3, -0.25) is 4.57 Å². The van der Waals surface area contributed by atoms with E-state index in [1.54, 1.807) is 17.7 Å². The number of aromatic hydroxyl groups is 2. The van der Waals surface area contributed by atoms with Gasteiger partial charge in [-0.1, -0.05) is 6.92 Å². The van der Waals surface area contributed by atoms with Crippen molar-refractivity contribution in [3.05, 3.63) is 35.9 Å². The van der Waals surface area contributed by atoms with E-state index < -0.39 is 0 Å². The van der Waals surface area contributed by atoms with Crippen LogP contribution in [0.15, 0.2) is 35.5 Å². The zero-order valence-electron chi connectivity index (χ0n) is 17.2. The molecule has 158 valence electrons. The predicted octanol–water partition coefficient (Wildman–Crippen LogP) is 4.20. The number of hydrogen-bond acceptors (Lipinski definition) is 7. The number of methoxy groups -OCH3 is 1. The number of ether oxygens (including phenoxy) is 1. The molecule has 3 aromatic rings. The summed E-state index contributed by atoms with van der Waals surface area (Å²) in [5.74, 6) is 1.28. The molecule has 1 aliphatic heterocycles. The molecule has 0 bridgehead atoms. The van der Waals surface area contributed by atoms with Gasteiger partial charge in [0.2, 0.25) is 0 Å². The number of aromatic nitrogens is 3. The molecule has 8 heteroatoms. The van der Waals surface area contributed by atoms with E-state index in [1.807, 2.05) is 19.1 Å². The van der Waals surface area contributed by atoms with E-state index in [-0.39, 0.29) is 11.5 Å². The molecule has 1 saturated heterocycles. The van der Waals surface area contributed by atoms with Gasteiger partial charge < -0.3 is 19.8 Å². The summed E-state index contributed by atoms with van der Waals surface area (Å²) in [4.78, 5) is 2.33. The largest absolute Gasteiger partial charge is 0.508 e. The van der Waals surface area contributed by atoms with Crippen LogP contribution in [0.4, 0.5) is 5.69 Å². The highest BCUT2D eigenvalue weighted by atomic mass is 32.1. The van der Waals surface area contributed by atoms with Gasteiger partial charge >= 0.3 is 0 Å². The van der Waals surface area contributed by atoms with Gasteiger partial charge in [0.05, 0.1) is 24.0 Å². The molecule has 2 N–H and O–H groups in total. The molecule has 1 aliphatic rings. The summed E-state index contributed by atoms with van der Waals surface area (Å²) < 4.78 is 7.40. The lowest BCUT2D eigenvalue weighted by Crippen LogP contribution is -2.29. The molecule has 2 aromatic carbocycles. The first kappa shape index (κ1) is 20.4. The van der Waals surface area contributed by atoms with Crippen molar-refractivity contribution in [2.75, 3.05) is 25.1 Å². The zero-order chi connectivity index (χ0) is 21.3. The third-order valence-corrected chi connectivity index (χ3v) is 5.87. The van der Waals surface area contributed by atoms with Crippen LogP contribution >= 0.6 is 12.6 Å². The van der Waals surface area contributed by atoms with E-state index in [0.717, 1.165) is 48.6 Å². The molecule has 4 rings (SSSR count). The Balaban J connectivity index is 1.84. The van der Waals surface area contributed by atoms with Crippen LogP contribution in [-0.2, 0) is 6.42 Å². The molecular weight excluding hydrogens is 400 g/mol. The fourth-order valence-corrected chi connectivity index (χ4v) is 4.23. The molecule has 1 aromatic heterocycles. The van der Waals surface area contributed by atoms with Crippen LogP contribution in [-0.4, -0.2) is 45.2 Å². The van der Waals surface area contributed by atoms with Crippen molar-refractivity contribution in [2.24, 2.45) is 0 Å². The van der Waals surface area contributed by atoms with Crippen LogP contribution in [0.25, 0.3) is 17.1 Å². The monoisotopic (exact) mass is 426 g/mol. The number of phenolic OH excluding ortho intramolecular Hbond substituents is 2. The van der Waals surface area contributed by atoms with Gasteiger partial charge in [0.25, 0.3) is 0 Å². The quantitative estimate of drug-likeness (QED) is 0.531. The number of phenols is 2. The number of aryl methyl sites for hydroxylation is 1. The van der Waals surface area contributed by atoms with Crippen molar-refractivity contribution in [1.82, 2.24) is 14.8 Å². The Morgan fingerprint density at radius 1 is 1.03 bits per heavy atom. The third-order valence-electron chi connectivity index (χ3n) is 5.58. The Morgan fingerprint density at radius 3 is 2.50 bits per heavy atom. The third kappa shape index (κ3) is 3.67. The molecule has 1 fully saturated rings. The van der Waals surface area contributed by atoms with Crippen molar-refractivity contribution in [2.45, 2.75) is 37.8 Å². The Bertz CT molecular complexity index is 1060. The highest BCUT2D eigenvalue weighted by Gasteiger charge is 2.21. The van der Waals surface area contributed by atoms with Crippen LogP contribution in [0.5, 0.6) is 17.2 Å². The fraction of sp³-hybridized carbons (Fsp3) is 0.364. The van der Waals surface area contributed by atoms with E-state index in [1.165, 1.54) is 12.5 Å². The minimum Gasteiger partial charge on any atom is -0.508 e. The second-order valence-electron chi connectivity index (χ2n) is 7.41. The van der Waals surface area contributed by atoms with Gasteiger partial charge in [-0.25, -0.2) is 0 Å². The van der Waals surface area contributed by atoms with E-state index in [2.05, 4.69) is 33.8 Å². The molecular formula is C22H26N4O3S. The number of hydrogen-bond donors (Lipinski definition) is 3. The Hall–Kier alpha value is -2.87. The lowest BCUT2D eigenvalue weighted by Gasteiger charge is -2.30. The maximum absolute atomic E-state index is 10.5. The summed E-state index contributed by atoms with van der Waals surface area (Å²) >= 11 is 4.51. The molecule has 0 spiro atoms. The minimum atomic E-state index is -0.0588. The molecule has 0 unspecified atom stereocenters. The van der Waals surface area contributed by atoms with E-state index in [0.29, 0.717) is 23.0 Å². The summed E-state index contributed by atoms with van der Waals surface area (Å²) in [5.41, 5.74) is 3.06. The van der Waals surface area contributed by atoms with E-state index in [4.69, 9.17) is 4.74 Å². The number of rotatable bonds is 5. The number of anilines is 1. The average molecular weight is 427 g/mol. The molecule has 2 heterocycles. The van der Waals surface area contributed by atoms with Crippen LogP contribution in [0, 0.1) is 0 Å². The van der Waals surface area contributed by atoms with Crippen LogP contribution in [0.1, 0.15) is 31.7 Å². The smallest absolute Gasteiger partial charge is 0.193 e. The second-order valence-corrected chi connectivity index (χ2v) is 7.81. The Labute approximate surface area is 181 Å². The van der Waals surface area contributed by atoms with Crippen molar-refractivity contribution in [1.29, 1.82) is 0 Å². The molecule has 0 aliphatic carbocycles. The lowest BCUT2D eigenvalue weighted by molar-refractivity contribution is 0.412. The van der Waals surface area contributed by atoms with Crippen molar-refractivity contribution < 1.29 is 14.9 Å². The maximum Gasteiger partial charge on any atom is 0.193 e. The minimum absolute atomic E-state index is 0.0588. The summed E-state index contributed by atoms with van der Waals surface area (Å²) in [7, 11) is 1.68. The summed E-state index contributed by atoms with van der Waals surface area (Å²) in [6.07, 6.45) is 4.19. The molecule has 0 radical (unpaired) electrons. The molecule has 0 atom stereocenters. The molecule has 0 saturated carbocycles. The normalized spacial score (nSPS) is 14.2. The standard InChI is InChI=1S/C22H26N4O3S/c1-3-14-11-16(19(28)13-18(14)27)21-23-24-22(30)26(21)15-7-8-20(29-2)17(12-15)25-9-5-4-6-10-25/h7-8,11-13,27-28H,3-6,9-10H2,1-2H3,(H,24,30). The van der Waals surface area contributed by atoms with E-state index in [9.17, 15) is 10.2 Å². The van der Waals surface area contributed by atoms with Crippen LogP contribution in [0.2, 0.25) is 0 Å². The zero-order valence-corrected chi connectivity index (χ0v) is 18.1. The number of benzene rings is 2. The fourth-order valence-electron chi connectivity index (χ4n) is 3.97. The number of piperidine rings is 1. The Kier molecular flexibility index (Phi) is 5.76. The van der Waals surface area contributed by atoms with Gasteiger partial charge in [0.1, 0.15) is 17.2 Å². The van der Waals surface area contributed by atoms with Gasteiger partial charge in [-0.05, 0) is 55.5 Å².